The monoisotopic (exact) mass is 487 g/mol. The van der Waals surface area contributed by atoms with Crippen LogP contribution in [0, 0.1) is 5.82 Å². The molecule has 126 valence electrons. The fourth-order valence-electron chi connectivity index (χ4n) is 1.76. The van der Waals surface area contributed by atoms with Gasteiger partial charge in [-0.25, -0.2) is 4.39 Å². The molecule has 0 saturated heterocycles. The van der Waals surface area contributed by atoms with Gasteiger partial charge in [0.2, 0.25) is 0 Å². The van der Waals surface area contributed by atoms with Crippen molar-refractivity contribution in [3.05, 3.63) is 34.1 Å². The van der Waals surface area contributed by atoms with E-state index in [9.17, 15) is 4.39 Å². The normalized spacial score (nSPS) is 11.0. The van der Waals surface area contributed by atoms with Gasteiger partial charge in [-0.1, -0.05) is 15.9 Å². The Morgan fingerprint density at radius 1 is 1.32 bits per heavy atom. The zero-order valence-corrected chi connectivity index (χ0v) is 16.9. The minimum absolute atomic E-state index is 0. The van der Waals surface area contributed by atoms with Gasteiger partial charge >= 0.3 is 0 Å². The molecular formula is C15H24BrFIN3O. The van der Waals surface area contributed by atoms with Crippen LogP contribution in [0.4, 0.5) is 4.39 Å². The van der Waals surface area contributed by atoms with Gasteiger partial charge in [0.05, 0.1) is 0 Å². The highest BCUT2D eigenvalue weighted by Crippen LogP contribution is 2.15. The van der Waals surface area contributed by atoms with Crippen LogP contribution in [0.25, 0.3) is 0 Å². The minimum atomic E-state index is -0.224. The van der Waals surface area contributed by atoms with Gasteiger partial charge in [0.1, 0.15) is 5.82 Å². The number of hydrogen-bond acceptors (Lipinski definition) is 2. The molecule has 0 heterocycles. The van der Waals surface area contributed by atoms with E-state index in [1.54, 1.807) is 19.2 Å². The molecule has 4 nitrogen and oxygen atoms in total. The molecule has 0 bridgehead atoms. The summed E-state index contributed by atoms with van der Waals surface area (Å²) in [6.45, 7) is 4.74. The van der Waals surface area contributed by atoms with Crippen LogP contribution in [0.5, 0.6) is 0 Å². The van der Waals surface area contributed by atoms with Gasteiger partial charge in [0.25, 0.3) is 0 Å². The largest absolute Gasteiger partial charge is 0.382 e. The summed E-state index contributed by atoms with van der Waals surface area (Å²) in [5, 5.41) is 6.30. The third kappa shape index (κ3) is 8.89. The Hall–Kier alpha value is -0.410. The van der Waals surface area contributed by atoms with Crippen LogP contribution in [0.2, 0.25) is 0 Å². The van der Waals surface area contributed by atoms with Gasteiger partial charge in [-0.15, -0.1) is 24.0 Å². The van der Waals surface area contributed by atoms with Gasteiger partial charge < -0.3 is 15.4 Å². The molecule has 0 aliphatic heterocycles. The Labute approximate surface area is 157 Å². The second-order valence-electron chi connectivity index (χ2n) is 4.49. The third-order valence-electron chi connectivity index (χ3n) is 2.89. The number of unbranched alkanes of at least 4 members (excludes halogenated alkanes) is 1. The van der Waals surface area contributed by atoms with Crippen LogP contribution in [-0.2, 0) is 11.3 Å². The molecule has 7 heteroatoms. The van der Waals surface area contributed by atoms with Crippen LogP contribution >= 0.6 is 39.9 Å². The SMILES string of the molecule is CCOCCCCNC(=NC)NCc1cc(Br)ccc1F.I. The topological polar surface area (TPSA) is 45.6 Å². The van der Waals surface area contributed by atoms with Crippen molar-refractivity contribution >= 4 is 45.9 Å². The number of aliphatic imine (C=N–C) groups is 1. The molecule has 0 saturated carbocycles. The lowest BCUT2D eigenvalue weighted by Crippen LogP contribution is -2.37. The van der Waals surface area contributed by atoms with E-state index in [1.807, 2.05) is 6.92 Å². The minimum Gasteiger partial charge on any atom is -0.382 e. The molecule has 1 rings (SSSR count). The van der Waals surface area contributed by atoms with E-state index >= 15 is 0 Å². The fraction of sp³-hybridized carbons (Fsp3) is 0.533. The predicted octanol–water partition coefficient (Wildman–Crippen LogP) is 3.69. The smallest absolute Gasteiger partial charge is 0.191 e. The van der Waals surface area contributed by atoms with E-state index in [0.717, 1.165) is 37.1 Å². The second-order valence-corrected chi connectivity index (χ2v) is 5.41. The molecule has 2 N–H and O–H groups in total. The van der Waals surface area contributed by atoms with Crippen LogP contribution in [0.3, 0.4) is 0 Å². The third-order valence-corrected chi connectivity index (χ3v) is 3.38. The number of halogens is 3. The lowest BCUT2D eigenvalue weighted by Gasteiger charge is -2.12. The highest BCUT2D eigenvalue weighted by molar-refractivity contribution is 14.0. The second kappa shape index (κ2) is 13.1. The number of nitrogens with zero attached hydrogens (tertiary/aromatic N) is 1. The van der Waals surface area contributed by atoms with Crippen molar-refractivity contribution in [2.75, 3.05) is 26.8 Å². The Kier molecular flexibility index (Phi) is 12.8. The van der Waals surface area contributed by atoms with Crippen molar-refractivity contribution in [1.82, 2.24) is 10.6 Å². The first-order valence-corrected chi connectivity index (χ1v) is 7.92. The lowest BCUT2D eigenvalue weighted by molar-refractivity contribution is 0.143. The average Bonchev–Trinajstić information content (AvgIpc) is 2.49. The highest BCUT2D eigenvalue weighted by Gasteiger charge is 2.04. The molecule has 0 spiro atoms. The maximum atomic E-state index is 13.6. The summed E-state index contributed by atoms with van der Waals surface area (Å²) in [5.74, 6) is 0.448. The van der Waals surface area contributed by atoms with Gasteiger partial charge in [0.15, 0.2) is 5.96 Å². The average molecular weight is 488 g/mol. The maximum absolute atomic E-state index is 13.6. The van der Waals surface area contributed by atoms with Crippen LogP contribution < -0.4 is 10.6 Å². The first kappa shape index (κ1) is 21.6. The molecular weight excluding hydrogens is 464 g/mol. The van der Waals surface area contributed by atoms with E-state index in [0.29, 0.717) is 18.1 Å². The number of benzene rings is 1. The van der Waals surface area contributed by atoms with Crippen molar-refractivity contribution in [2.24, 2.45) is 4.99 Å². The van der Waals surface area contributed by atoms with Crippen molar-refractivity contribution in [3.63, 3.8) is 0 Å². The number of guanidine groups is 1. The van der Waals surface area contributed by atoms with Crippen LogP contribution in [-0.4, -0.2) is 32.8 Å². The molecule has 0 amide bonds. The first-order valence-electron chi connectivity index (χ1n) is 7.13. The molecule has 0 atom stereocenters. The quantitative estimate of drug-likeness (QED) is 0.254. The number of rotatable bonds is 8. The molecule has 0 unspecified atom stereocenters. The fourth-order valence-corrected chi connectivity index (χ4v) is 2.17. The van der Waals surface area contributed by atoms with Gasteiger partial charge in [0, 0.05) is 43.4 Å². The molecule has 0 fully saturated rings. The molecule has 0 radical (unpaired) electrons. The van der Waals surface area contributed by atoms with Crippen LogP contribution in [0.15, 0.2) is 27.7 Å². The van der Waals surface area contributed by atoms with E-state index in [-0.39, 0.29) is 29.8 Å². The van der Waals surface area contributed by atoms with E-state index in [1.165, 1.54) is 6.07 Å². The first-order chi connectivity index (χ1) is 10.2. The molecule has 0 aromatic heterocycles. The van der Waals surface area contributed by atoms with E-state index < -0.39 is 0 Å². The lowest BCUT2D eigenvalue weighted by atomic mass is 10.2. The molecule has 22 heavy (non-hydrogen) atoms. The van der Waals surface area contributed by atoms with Crippen molar-refractivity contribution in [2.45, 2.75) is 26.3 Å². The Balaban J connectivity index is 0.00000441. The summed E-state index contributed by atoms with van der Waals surface area (Å²) < 4.78 is 19.8. The number of nitrogens with one attached hydrogen (secondary N) is 2. The molecule has 1 aromatic carbocycles. The Morgan fingerprint density at radius 3 is 2.77 bits per heavy atom. The summed E-state index contributed by atoms with van der Waals surface area (Å²) >= 11 is 3.34. The van der Waals surface area contributed by atoms with Gasteiger partial charge in [-0.05, 0) is 38.0 Å². The standard InChI is InChI=1S/C15H23BrFN3O.HI/c1-3-21-9-5-4-8-19-15(18-2)20-11-12-10-13(16)6-7-14(12)17;/h6-7,10H,3-5,8-9,11H2,1-2H3,(H2,18,19,20);1H. The maximum Gasteiger partial charge on any atom is 0.191 e. The summed E-state index contributed by atoms with van der Waals surface area (Å²) in [4.78, 5) is 4.12. The van der Waals surface area contributed by atoms with Crippen molar-refractivity contribution < 1.29 is 9.13 Å². The predicted molar refractivity (Wildman–Crippen MR) is 103 cm³/mol. The summed E-state index contributed by atoms with van der Waals surface area (Å²) in [5.41, 5.74) is 0.601. The zero-order chi connectivity index (χ0) is 15.5. The van der Waals surface area contributed by atoms with Gasteiger partial charge in [-0.2, -0.15) is 0 Å². The van der Waals surface area contributed by atoms with E-state index in [4.69, 9.17) is 4.74 Å². The van der Waals surface area contributed by atoms with E-state index in [2.05, 4.69) is 31.6 Å². The summed E-state index contributed by atoms with van der Waals surface area (Å²) in [6, 6.07) is 4.90. The molecule has 0 aliphatic rings. The van der Waals surface area contributed by atoms with Crippen LogP contribution in [0.1, 0.15) is 25.3 Å². The Bertz CT molecular complexity index is 460. The molecule has 1 aromatic rings. The summed E-state index contributed by atoms with van der Waals surface area (Å²) in [7, 11) is 1.70. The van der Waals surface area contributed by atoms with Crippen molar-refractivity contribution in [1.29, 1.82) is 0 Å². The number of ether oxygens (including phenoxy) is 1. The van der Waals surface area contributed by atoms with Crippen molar-refractivity contribution in [3.8, 4) is 0 Å². The Morgan fingerprint density at radius 2 is 2.09 bits per heavy atom. The van der Waals surface area contributed by atoms with Gasteiger partial charge in [-0.3, -0.25) is 4.99 Å². The molecule has 0 aliphatic carbocycles. The zero-order valence-electron chi connectivity index (χ0n) is 13.0. The highest BCUT2D eigenvalue weighted by atomic mass is 127. The summed E-state index contributed by atoms with van der Waals surface area (Å²) in [6.07, 6.45) is 2.02. The number of hydrogen-bond donors (Lipinski definition) is 2.